The Morgan fingerprint density at radius 2 is 1.49 bits per heavy atom. The number of hydrogen-bond donors (Lipinski definition) is 3. The predicted molar refractivity (Wildman–Crippen MR) is 276 cm³/mol. The molecule has 1 aromatic carbocycles. The van der Waals surface area contributed by atoms with Crippen molar-refractivity contribution in [3.8, 4) is 23.0 Å². The van der Waals surface area contributed by atoms with Crippen LogP contribution in [0.25, 0.3) is 44.6 Å². The van der Waals surface area contributed by atoms with Gasteiger partial charge in [0, 0.05) is 57.6 Å². The van der Waals surface area contributed by atoms with Gasteiger partial charge in [-0.05, 0) is 86.2 Å². The minimum atomic E-state index is -0.693. The zero-order chi connectivity index (χ0) is 52.7. The second-order valence-corrected chi connectivity index (χ2v) is 16.4. The standard InChI is InChI=1S/C45H53N13O7.2C2H6.CH5N/c1-10-57-32(19-26(3)52-57)40-47-24-30-36-38(34(63-9)23-29(25-59)48-36)55(41(30)50-40)16-12-13-17-56-37-31(49-43(56)51-42(61)33-20-27(4)53-58(33)11-2)21-28(39(46)60)22-35(37)64-18-14-15-54(8)44(62)65-45(5,6)7;3*1-2/h12-13,19-25H,10-11,14-18H2,1-9H3,(H2,46,60)(H,49,51,61);2*1-2H3;2H2,1H3/b13-12+;;;. The summed E-state index contributed by atoms with van der Waals surface area (Å²) in [5, 5.41) is 12.6. The van der Waals surface area contributed by atoms with E-state index in [1.165, 1.54) is 19.1 Å². The van der Waals surface area contributed by atoms with Crippen molar-refractivity contribution in [3.05, 3.63) is 77.0 Å². The van der Waals surface area contributed by atoms with Crippen LogP contribution in [0.1, 0.15) is 111 Å². The topological polar surface area (TPSA) is 260 Å². The fourth-order valence-electron chi connectivity index (χ4n) is 7.48. The number of primary amides is 1. The number of aryl methyl sites for hydroxylation is 4. The Hall–Kier alpha value is -7.68. The molecule has 0 aliphatic heterocycles. The van der Waals surface area contributed by atoms with Gasteiger partial charge in [0.05, 0.1) is 36.0 Å². The summed E-state index contributed by atoms with van der Waals surface area (Å²) in [6.45, 7) is 23.0. The van der Waals surface area contributed by atoms with Crippen LogP contribution >= 0.6 is 0 Å². The van der Waals surface area contributed by atoms with Gasteiger partial charge in [0.15, 0.2) is 12.1 Å². The lowest BCUT2D eigenvalue weighted by Crippen LogP contribution is -2.35. The highest BCUT2D eigenvalue weighted by Gasteiger charge is 2.24. The van der Waals surface area contributed by atoms with Crippen LogP contribution in [-0.2, 0) is 30.9 Å². The van der Waals surface area contributed by atoms with E-state index < -0.39 is 23.5 Å². The van der Waals surface area contributed by atoms with Crippen molar-refractivity contribution in [2.24, 2.45) is 11.5 Å². The minimum Gasteiger partial charge on any atom is -0.494 e. The number of amides is 3. The predicted octanol–water partition coefficient (Wildman–Crippen LogP) is 7.74. The molecule has 0 saturated heterocycles. The molecule has 71 heavy (non-hydrogen) atoms. The van der Waals surface area contributed by atoms with Crippen molar-refractivity contribution in [2.75, 3.05) is 39.7 Å². The minimum absolute atomic E-state index is 0.153. The molecular weight excluding hydrogens is 909 g/mol. The second kappa shape index (κ2) is 25.3. The normalized spacial score (nSPS) is 11.1. The van der Waals surface area contributed by atoms with Gasteiger partial charge in [0.2, 0.25) is 11.9 Å². The van der Waals surface area contributed by atoms with E-state index in [2.05, 4.69) is 26.2 Å². The lowest BCUT2D eigenvalue weighted by atomic mass is 10.1. The molecule has 6 aromatic heterocycles. The quantitative estimate of drug-likeness (QED) is 0.0448. The maximum absolute atomic E-state index is 13.9. The van der Waals surface area contributed by atoms with Crippen LogP contribution in [0.3, 0.4) is 0 Å². The molecule has 0 spiro atoms. The van der Waals surface area contributed by atoms with Crippen molar-refractivity contribution in [2.45, 2.75) is 114 Å². The molecule has 0 atom stereocenters. The van der Waals surface area contributed by atoms with Gasteiger partial charge in [0.25, 0.3) is 5.91 Å². The average Bonchev–Trinajstić information content (AvgIpc) is 4.13. The van der Waals surface area contributed by atoms with Gasteiger partial charge in [-0.2, -0.15) is 10.2 Å². The van der Waals surface area contributed by atoms with Crippen LogP contribution < -0.4 is 26.3 Å². The smallest absolute Gasteiger partial charge is 0.410 e. The number of ether oxygens (including phenoxy) is 3. The molecule has 0 unspecified atom stereocenters. The van der Waals surface area contributed by atoms with Gasteiger partial charge >= 0.3 is 6.09 Å². The van der Waals surface area contributed by atoms with Crippen molar-refractivity contribution in [1.29, 1.82) is 0 Å². The van der Waals surface area contributed by atoms with Crippen LogP contribution in [0.2, 0.25) is 0 Å². The van der Waals surface area contributed by atoms with Gasteiger partial charge in [-0.15, -0.1) is 0 Å². The van der Waals surface area contributed by atoms with Crippen LogP contribution in [0.15, 0.2) is 48.7 Å². The van der Waals surface area contributed by atoms with E-state index >= 15 is 0 Å². The van der Waals surface area contributed by atoms with Crippen LogP contribution in [0.5, 0.6) is 11.5 Å². The molecule has 5 N–H and O–H groups in total. The molecule has 0 aliphatic rings. The Morgan fingerprint density at radius 1 is 0.845 bits per heavy atom. The van der Waals surface area contributed by atoms with Crippen molar-refractivity contribution in [1.82, 2.24) is 53.5 Å². The van der Waals surface area contributed by atoms with E-state index in [0.29, 0.717) is 94.2 Å². The highest BCUT2D eigenvalue weighted by Crippen LogP contribution is 2.35. The first kappa shape index (κ1) is 55.9. The van der Waals surface area contributed by atoms with Gasteiger partial charge in [-0.25, -0.2) is 24.7 Å². The lowest BCUT2D eigenvalue weighted by molar-refractivity contribution is 0.0291. The average molecular weight is 979 g/mol. The number of aldehydes is 1. The van der Waals surface area contributed by atoms with E-state index in [1.807, 2.05) is 75.9 Å². The second-order valence-electron chi connectivity index (χ2n) is 16.4. The van der Waals surface area contributed by atoms with Crippen molar-refractivity contribution < 1.29 is 33.4 Å². The summed E-state index contributed by atoms with van der Waals surface area (Å²) in [7, 11) is 4.67. The summed E-state index contributed by atoms with van der Waals surface area (Å²) >= 11 is 0. The Labute approximate surface area is 414 Å². The number of nitrogens with zero attached hydrogens (tertiary/aromatic N) is 11. The molecule has 0 fully saturated rings. The lowest BCUT2D eigenvalue weighted by Gasteiger charge is -2.24. The molecule has 0 saturated carbocycles. The summed E-state index contributed by atoms with van der Waals surface area (Å²) < 4.78 is 24.8. The number of benzene rings is 1. The number of nitrogens with one attached hydrogen (secondary N) is 1. The first-order chi connectivity index (χ1) is 34.0. The number of fused-ring (bicyclic) bond motifs is 4. The summed E-state index contributed by atoms with van der Waals surface area (Å²) in [6, 6.07) is 8.29. The zero-order valence-electron chi connectivity index (χ0n) is 43.6. The Bertz CT molecular complexity index is 2990. The van der Waals surface area contributed by atoms with Crippen LogP contribution in [0.4, 0.5) is 10.7 Å². The number of carbonyl (C=O) groups is 4. The first-order valence-electron chi connectivity index (χ1n) is 23.8. The molecule has 21 nitrogen and oxygen atoms in total. The Balaban J connectivity index is 0.00000176. The number of aromatic nitrogens is 10. The highest BCUT2D eigenvalue weighted by molar-refractivity contribution is 6.07. The molecule has 6 heterocycles. The first-order valence-corrected chi connectivity index (χ1v) is 23.8. The largest absolute Gasteiger partial charge is 0.494 e. The van der Waals surface area contributed by atoms with Gasteiger partial charge < -0.3 is 39.7 Å². The number of pyridine rings is 1. The zero-order valence-corrected chi connectivity index (χ0v) is 43.6. The third-order valence-electron chi connectivity index (χ3n) is 10.4. The van der Waals surface area contributed by atoms with Crippen LogP contribution in [-0.4, -0.2) is 118 Å². The van der Waals surface area contributed by atoms with Gasteiger partial charge in [-0.3, -0.25) is 29.1 Å². The molecule has 0 radical (unpaired) electrons. The van der Waals surface area contributed by atoms with E-state index in [-0.39, 0.29) is 36.9 Å². The van der Waals surface area contributed by atoms with Gasteiger partial charge in [-0.1, -0.05) is 39.8 Å². The summed E-state index contributed by atoms with van der Waals surface area (Å²) in [6.07, 6.45) is 6.14. The number of allylic oxidation sites excluding steroid dienone is 2. The molecule has 7 rings (SSSR count). The summed E-state index contributed by atoms with van der Waals surface area (Å²) in [4.78, 5) is 71.7. The van der Waals surface area contributed by atoms with E-state index in [4.69, 9.17) is 34.9 Å². The number of hydrogen-bond acceptors (Lipinski definition) is 14. The molecule has 0 bridgehead atoms. The maximum Gasteiger partial charge on any atom is 0.410 e. The SMILES string of the molecule is CC.CC.CCn1nc(C)cc1C(=O)Nc1nc2cc(C(N)=O)cc(OCCCN(C)C(=O)OC(C)(C)C)c2n1C/C=C/Cn1c2nc(-c3cc(C)nn3CC)ncc2c2nc(C=O)cc(OC)c21.CN. The number of rotatable bonds is 17. The molecule has 7 aromatic rings. The number of carbonyl (C=O) groups excluding carboxylic acids is 4. The number of methoxy groups -OCH3 is 1. The van der Waals surface area contributed by atoms with Crippen molar-refractivity contribution in [3.63, 3.8) is 0 Å². The van der Waals surface area contributed by atoms with Crippen LogP contribution in [0, 0.1) is 13.8 Å². The number of anilines is 1. The van der Waals surface area contributed by atoms with E-state index in [9.17, 15) is 19.2 Å². The molecular formula is C50H70N14O7. The summed E-state index contributed by atoms with van der Waals surface area (Å²) in [5.41, 5.74) is 15.1. The van der Waals surface area contributed by atoms with Crippen molar-refractivity contribution >= 4 is 63.2 Å². The fourth-order valence-corrected chi connectivity index (χ4v) is 7.48. The monoisotopic (exact) mass is 979 g/mol. The molecule has 21 heteroatoms. The molecule has 382 valence electrons. The third kappa shape index (κ3) is 13.0. The van der Waals surface area contributed by atoms with E-state index in [1.54, 1.807) is 74.5 Å². The molecule has 0 aliphatic carbocycles. The number of nitrogens with two attached hydrogens (primary N) is 2. The maximum atomic E-state index is 13.9. The molecule has 3 amide bonds. The third-order valence-corrected chi connectivity index (χ3v) is 10.4. The van der Waals surface area contributed by atoms with E-state index in [0.717, 1.165) is 11.4 Å². The highest BCUT2D eigenvalue weighted by atomic mass is 16.6. The summed E-state index contributed by atoms with van der Waals surface area (Å²) in [5.74, 6) is 0.230. The Morgan fingerprint density at radius 3 is 2.11 bits per heavy atom. The Kier molecular flexibility index (Phi) is 19.9. The van der Waals surface area contributed by atoms with Gasteiger partial charge in [0.1, 0.15) is 56.4 Å². The fraction of sp³-hybridized carbons (Fsp3) is 0.440. The number of imidazole rings is 1.